The molecule has 1 aromatic rings. The van der Waals surface area contributed by atoms with Crippen LogP contribution in [-0.2, 0) is 19.1 Å². The molecule has 1 aromatic heterocycles. The Morgan fingerprint density at radius 1 is 1.27 bits per heavy atom. The van der Waals surface area contributed by atoms with Crippen molar-refractivity contribution in [1.29, 1.82) is 0 Å². The lowest BCUT2D eigenvalue weighted by Gasteiger charge is -2.38. The van der Waals surface area contributed by atoms with Gasteiger partial charge in [-0.05, 0) is 38.7 Å². The number of nitrogens with zero attached hydrogens (tertiary/aromatic N) is 1. The number of aryl methyl sites for hydroxylation is 1. The van der Waals surface area contributed by atoms with E-state index in [0.29, 0.717) is 6.42 Å². The van der Waals surface area contributed by atoms with Gasteiger partial charge in [0.25, 0.3) is 0 Å². The lowest BCUT2D eigenvalue weighted by molar-refractivity contribution is -0.180. The van der Waals surface area contributed by atoms with E-state index in [9.17, 15) is 29.7 Å². The normalized spacial score (nSPS) is 33.2. The van der Waals surface area contributed by atoms with Crippen molar-refractivity contribution in [3.8, 4) is 0 Å². The predicted octanol–water partition coefficient (Wildman–Crippen LogP) is 3.00. The van der Waals surface area contributed by atoms with Gasteiger partial charge in [-0.3, -0.25) is 9.59 Å². The summed E-state index contributed by atoms with van der Waals surface area (Å²) >= 11 is 1.52. The fraction of sp³-hybridized carbons (Fsp3) is 0.704. The van der Waals surface area contributed by atoms with Crippen molar-refractivity contribution >= 4 is 34.9 Å². The van der Waals surface area contributed by atoms with Crippen LogP contribution in [-0.4, -0.2) is 68.3 Å². The van der Waals surface area contributed by atoms with Crippen LogP contribution in [0.15, 0.2) is 11.0 Å². The van der Waals surface area contributed by atoms with Crippen LogP contribution < -0.4 is 5.73 Å². The summed E-state index contributed by atoms with van der Waals surface area (Å²) in [5, 5.41) is 34.7. The minimum absolute atomic E-state index is 0.131. The number of rotatable bonds is 5. The number of carbonyl (C=O) groups is 3. The molecular weight excluding hydrogens is 496 g/mol. The van der Waals surface area contributed by atoms with Crippen molar-refractivity contribution in [3.05, 3.63) is 21.7 Å². The number of nitrogens with two attached hydrogens (primary N) is 1. The molecule has 0 aromatic carbocycles. The predicted molar refractivity (Wildman–Crippen MR) is 142 cm³/mol. The van der Waals surface area contributed by atoms with Crippen molar-refractivity contribution < 1.29 is 34.4 Å². The van der Waals surface area contributed by atoms with Crippen LogP contribution >= 0.6 is 11.3 Å². The van der Waals surface area contributed by atoms with Gasteiger partial charge in [-0.2, -0.15) is 0 Å². The molecule has 8 atom stereocenters. The number of ketones is 2. The zero-order valence-corrected chi connectivity index (χ0v) is 23.6. The molecule has 0 aliphatic carbocycles. The molecule has 0 bridgehead atoms. The Morgan fingerprint density at radius 3 is 2.43 bits per heavy atom. The summed E-state index contributed by atoms with van der Waals surface area (Å²) < 4.78 is 6.04. The molecule has 5 N–H and O–H groups in total. The molecule has 10 heteroatoms. The Bertz CT molecular complexity index is 1000. The van der Waals surface area contributed by atoms with Gasteiger partial charge in [0.05, 0.1) is 28.3 Å². The van der Waals surface area contributed by atoms with Crippen LogP contribution in [0.1, 0.15) is 71.5 Å². The van der Waals surface area contributed by atoms with Gasteiger partial charge < -0.3 is 25.8 Å². The zero-order valence-electron chi connectivity index (χ0n) is 22.8. The Balaban J connectivity index is 2.44. The molecule has 2 rings (SSSR count). The van der Waals surface area contributed by atoms with E-state index in [-0.39, 0.29) is 24.5 Å². The summed E-state index contributed by atoms with van der Waals surface area (Å²) in [6.45, 7) is 11.6. The maximum atomic E-state index is 13.3. The number of aliphatic hydroxyl groups is 2. The second kappa shape index (κ2) is 12.7. The molecule has 1 saturated heterocycles. The van der Waals surface area contributed by atoms with Gasteiger partial charge in [0, 0.05) is 29.7 Å². The van der Waals surface area contributed by atoms with Gasteiger partial charge in [-0.1, -0.05) is 40.2 Å². The first-order valence-corrected chi connectivity index (χ1v) is 13.6. The maximum absolute atomic E-state index is 13.3. The highest BCUT2D eigenvalue weighted by Crippen LogP contribution is 2.34. The van der Waals surface area contributed by atoms with Gasteiger partial charge in [0.1, 0.15) is 17.7 Å². The zero-order chi connectivity index (χ0) is 28.2. The van der Waals surface area contributed by atoms with Gasteiger partial charge >= 0.3 is 5.97 Å². The highest BCUT2D eigenvalue weighted by molar-refractivity contribution is 7.09. The number of Topliss-reactive ketones (excluding diaryl/α,β-unsaturated/α-hetero) is 2. The number of thiazole rings is 1. The number of aliphatic carboxylic acids is 1. The smallest absolute Gasteiger partial charge is 0.335 e. The summed E-state index contributed by atoms with van der Waals surface area (Å²) in [4.78, 5) is 42.8. The van der Waals surface area contributed by atoms with Crippen molar-refractivity contribution in [2.24, 2.45) is 28.9 Å². The van der Waals surface area contributed by atoms with Crippen molar-refractivity contribution in [1.82, 2.24) is 4.98 Å². The number of hydrogen-bond acceptors (Lipinski definition) is 9. The molecule has 1 fully saturated rings. The summed E-state index contributed by atoms with van der Waals surface area (Å²) in [6.07, 6.45) is -2.76. The molecule has 0 amide bonds. The maximum Gasteiger partial charge on any atom is 0.335 e. The Kier molecular flexibility index (Phi) is 10.7. The van der Waals surface area contributed by atoms with E-state index < -0.39 is 59.5 Å². The number of aliphatic hydroxyl groups excluding tert-OH is 2. The van der Waals surface area contributed by atoms with Crippen molar-refractivity contribution in [2.45, 2.75) is 98.2 Å². The van der Waals surface area contributed by atoms with Crippen LogP contribution in [0.5, 0.6) is 0 Å². The van der Waals surface area contributed by atoms with E-state index in [0.717, 1.165) is 16.3 Å². The van der Waals surface area contributed by atoms with E-state index >= 15 is 0 Å². The van der Waals surface area contributed by atoms with Crippen LogP contribution in [0.2, 0.25) is 0 Å². The van der Waals surface area contributed by atoms with E-state index in [2.05, 4.69) is 4.98 Å². The van der Waals surface area contributed by atoms with Crippen LogP contribution in [0.25, 0.3) is 6.08 Å². The first-order chi connectivity index (χ1) is 17.1. The quantitative estimate of drug-likeness (QED) is 0.442. The molecule has 1 aliphatic heterocycles. The minimum atomic E-state index is -1.71. The lowest BCUT2D eigenvalue weighted by atomic mass is 9.72. The molecule has 0 spiro atoms. The molecule has 1 unspecified atom stereocenters. The Morgan fingerprint density at radius 2 is 1.89 bits per heavy atom. The third kappa shape index (κ3) is 7.54. The van der Waals surface area contributed by atoms with E-state index in [4.69, 9.17) is 10.5 Å². The number of ether oxygens (including phenoxy) is 1. The Labute approximate surface area is 223 Å². The molecular formula is C27H42N2O7S. The fourth-order valence-electron chi connectivity index (χ4n) is 4.77. The first kappa shape index (κ1) is 31.2. The average Bonchev–Trinajstić information content (AvgIpc) is 3.25. The molecule has 2 heterocycles. The van der Waals surface area contributed by atoms with Crippen molar-refractivity contribution in [2.75, 3.05) is 0 Å². The highest BCUT2D eigenvalue weighted by Gasteiger charge is 2.48. The average molecular weight is 539 g/mol. The summed E-state index contributed by atoms with van der Waals surface area (Å²) in [5.41, 5.74) is 6.54. The van der Waals surface area contributed by atoms with Crippen LogP contribution in [0, 0.1) is 30.1 Å². The molecule has 208 valence electrons. The number of carbonyl (C=O) groups excluding carboxylic acids is 2. The van der Waals surface area contributed by atoms with E-state index in [1.165, 1.54) is 32.1 Å². The summed E-state index contributed by atoms with van der Waals surface area (Å²) in [6, 6.07) is -0.497. The van der Waals surface area contributed by atoms with Crippen molar-refractivity contribution in [3.63, 3.8) is 0 Å². The third-order valence-electron chi connectivity index (χ3n) is 7.74. The third-order valence-corrected chi connectivity index (χ3v) is 8.53. The molecule has 37 heavy (non-hydrogen) atoms. The monoisotopic (exact) mass is 538 g/mol. The number of carboxylic acid groups (broad SMARTS) is 1. The summed E-state index contributed by atoms with van der Waals surface area (Å²) in [5.74, 6) is -4.20. The lowest BCUT2D eigenvalue weighted by Crippen LogP contribution is -2.53. The molecule has 0 radical (unpaired) electrons. The molecule has 1 aliphatic rings. The van der Waals surface area contributed by atoms with Gasteiger partial charge in [-0.15, -0.1) is 11.3 Å². The van der Waals surface area contributed by atoms with Gasteiger partial charge in [0.15, 0.2) is 6.10 Å². The SMILES string of the molecule is CC(=Cc1csc(C)n1)[C@@H](N)C[C@@H]1OC(C(=O)O)[C@@H](O)C(C)(C)C(=O)[C@H](C)[C@@H](O)[C@@H](C)C(=O)CC[C@H]1C. The summed E-state index contributed by atoms with van der Waals surface area (Å²) in [7, 11) is 0. The number of aromatic nitrogens is 1. The molecule has 0 saturated carbocycles. The first-order valence-electron chi connectivity index (χ1n) is 12.7. The second-order valence-corrected chi connectivity index (χ2v) is 12.1. The second-order valence-electron chi connectivity index (χ2n) is 11.0. The number of hydrogen-bond donors (Lipinski definition) is 4. The highest BCUT2D eigenvalue weighted by atomic mass is 32.1. The fourth-order valence-corrected chi connectivity index (χ4v) is 5.34. The van der Waals surface area contributed by atoms with E-state index in [1.807, 2.05) is 32.2 Å². The number of carboxylic acids is 1. The van der Waals surface area contributed by atoms with Gasteiger partial charge in [-0.25, -0.2) is 9.78 Å². The molecule has 9 nitrogen and oxygen atoms in total. The Hall–Kier alpha value is -1.98. The van der Waals surface area contributed by atoms with Gasteiger partial charge in [0.2, 0.25) is 0 Å². The minimum Gasteiger partial charge on any atom is -0.479 e. The topological polar surface area (TPSA) is 160 Å². The standard InChI is InChI=1S/C27H42N2O7S/c1-13-8-9-20(30)15(3)22(31)16(4)24(32)27(6,7)25(33)23(26(34)35)36-21(13)11-19(28)14(2)10-18-12-37-17(5)29-18/h10,12-13,15-16,19,21-23,25,31,33H,8-9,11,28H2,1-7H3,(H,34,35)/t13-,15+,16-,19+,21+,22+,23?,25-/m1/s1. The van der Waals surface area contributed by atoms with Crippen LogP contribution in [0.4, 0.5) is 0 Å². The van der Waals surface area contributed by atoms with E-state index in [1.54, 1.807) is 6.92 Å². The van der Waals surface area contributed by atoms with Crippen LogP contribution in [0.3, 0.4) is 0 Å². The largest absolute Gasteiger partial charge is 0.479 e.